The molecule has 1 saturated heterocycles. The lowest BCUT2D eigenvalue weighted by atomic mass is 10.2. The summed E-state index contributed by atoms with van der Waals surface area (Å²) in [5.41, 5.74) is 2.28. The van der Waals surface area contributed by atoms with Crippen molar-refractivity contribution in [1.82, 2.24) is 20.2 Å². The number of thioether (sulfide) groups is 1. The van der Waals surface area contributed by atoms with Crippen LogP contribution in [0.1, 0.15) is 11.1 Å². The highest BCUT2D eigenvalue weighted by Gasteiger charge is 2.19. The van der Waals surface area contributed by atoms with Crippen LogP contribution in [0.3, 0.4) is 0 Å². The van der Waals surface area contributed by atoms with Crippen LogP contribution in [-0.2, 0) is 11.3 Å². The number of rotatable bonds is 9. The lowest BCUT2D eigenvalue weighted by Gasteiger charge is -2.35. The summed E-state index contributed by atoms with van der Waals surface area (Å²) < 4.78 is 0. The Morgan fingerprint density at radius 1 is 1.00 bits per heavy atom. The van der Waals surface area contributed by atoms with E-state index in [9.17, 15) is 4.79 Å². The zero-order valence-corrected chi connectivity index (χ0v) is 20.5. The number of nitrogens with one attached hydrogen (secondary N) is 1. The summed E-state index contributed by atoms with van der Waals surface area (Å²) in [4.78, 5) is 25.8. The lowest BCUT2D eigenvalue weighted by Crippen LogP contribution is -2.46. The Hall–Kier alpha value is -2.87. The molecule has 1 fully saturated rings. The summed E-state index contributed by atoms with van der Waals surface area (Å²) in [5.74, 6) is 0.997. The Kier molecular flexibility index (Phi) is 8.96. The number of carbonyl (C=O) groups excluding carboxylic acids is 1. The van der Waals surface area contributed by atoms with Crippen molar-refractivity contribution in [2.75, 3.05) is 43.4 Å². The molecule has 0 spiro atoms. The van der Waals surface area contributed by atoms with E-state index in [0.717, 1.165) is 44.1 Å². The number of halogens is 1. The third kappa shape index (κ3) is 7.58. The second-order valence-corrected chi connectivity index (χ2v) is 9.31. The van der Waals surface area contributed by atoms with Crippen LogP contribution < -0.4 is 10.2 Å². The zero-order chi connectivity index (χ0) is 23.6. The van der Waals surface area contributed by atoms with E-state index < -0.39 is 0 Å². The fraction of sp³-hybridized carbons (Fsp3) is 0.269. The molecule has 1 N–H and O–H groups in total. The van der Waals surface area contributed by atoms with E-state index in [1.54, 1.807) is 6.07 Å². The third-order valence-corrected chi connectivity index (χ3v) is 6.54. The third-order valence-electron chi connectivity index (χ3n) is 5.50. The number of benzene rings is 2. The Bertz CT molecular complexity index is 1090. The van der Waals surface area contributed by atoms with Crippen LogP contribution in [0.4, 0.5) is 5.82 Å². The van der Waals surface area contributed by atoms with Gasteiger partial charge in [-0.05, 0) is 11.1 Å². The summed E-state index contributed by atoms with van der Waals surface area (Å²) in [7, 11) is 0. The highest BCUT2D eigenvalue weighted by molar-refractivity contribution is 7.99. The molecule has 0 aliphatic carbocycles. The second-order valence-electron chi connectivity index (χ2n) is 7.98. The quantitative estimate of drug-likeness (QED) is 0.271. The van der Waals surface area contributed by atoms with Gasteiger partial charge in [0.1, 0.15) is 11.0 Å². The predicted octanol–water partition coefficient (Wildman–Crippen LogP) is 4.37. The minimum absolute atomic E-state index is 0.0591. The van der Waals surface area contributed by atoms with Crippen LogP contribution in [0.25, 0.3) is 6.08 Å². The van der Waals surface area contributed by atoms with Gasteiger partial charge in [0.05, 0.1) is 5.75 Å². The summed E-state index contributed by atoms with van der Waals surface area (Å²) in [5, 5.41) is 3.84. The van der Waals surface area contributed by atoms with Gasteiger partial charge in [-0.1, -0.05) is 96.2 Å². The Labute approximate surface area is 210 Å². The maximum Gasteiger partial charge on any atom is 0.230 e. The smallest absolute Gasteiger partial charge is 0.230 e. The lowest BCUT2D eigenvalue weighted by molar-refractivity contribution is -0.118. The van der Waals surface area contributed by atoms with Gasteiger partial charge in [0.25, 0.3) is 0 Å². The van der Waals surface area contributed by atoms with Crippen molar-refractivity contribution in [3.05, 3.63) is 89.1 Å². The van der Waals surface area contributed by atoms with Gasteiger partial charge in [0, 0.05) is 45.3 Å². The highest BCUT2D eigenvalue weighted by atomic mass is 35.5. The molecule has 176 valence electrons. The number of hydrogen-bond donors (Lipinski definition) is 1. The minimum Gasteiger partial charge on any atom is -0.354 e. The van der Waals surface area contributed by atoms with Gasteiger partial charge in [-0.3, -0.25) is 9.69 Å². The molecule has 0 atom stereocenters. The first-order valence-electron chi connectivity index (χ1n) is 11.3. The Morgan fingerprint density at radius 2 is 1.71 bits per heavy atom. The molecule has 2 aromatic carbocycles. The summed E-state index contributed by atoms with van der Waals surface area (Å²) >= 11 is 7.57. The van der Waals surface area contributed by atoms with Crippen LogP contribution in [-0.4, -0.2) is 59.3 Å². The number of carbonyl (C=O) groups is 1. The van der Waals surface area contributed by atoms with Crippen LogP contribution in [0, 0.1) is 0 Å². The molecule has 1 amide bonds. The van der Waals surface area contributed by atoms with Crippen molar-refractivity contribution >= 4 is 41.2 Å². The largest absolute Gasteiger partial charge is 0.354 e. The summed E-state index contributed by atoms with van der Waals surface area (Å²) in [6, 6.07) is 22.0. The molecule has 2 heterocycles. The van der Waals surface area contributed by atoms with Crippen molar-refractivity contribution in [2.45, 2.75) is 11.7 Å². The van der Waals surface area contributed by atoms with Crippen LogP contribution in [0.5, 0.6) is 0 Å². The molecule has 8 heteroatoms. The van der Waals surface area contributed by atoms with E-state index in [1.807, 2.05) is 36.4 Å². The van der Waals surface area contributed by atoms with Crippen LogP contribution in [0.2, 0.25) is 5.15 Å². The van der Waals surface area contributed by atoms with E-state index in [-0.39, 0.29) is 11.7 Å². The number of anilines is 1. The van der Waals surface area contributed by atoms with Gasteiger partial charge in [0.2, 0.25) is 5.91 Å². The van der Waals surface area contributed by atoms with Crippen LogP contribution in [0.15, 0.2) is 78.0 Å². The van der Waals surface area contributed by atoms with Gasteiger partial charge >= 0.3 is 0 Å². The Balaban J connectivity index is 1.24. The molecule has 1 aliphatic heterocycles. The molecule has 3 aromatic rings. The fourth-order valence-electron chi connectivity index (χ4n) is 3.65. The van der Waals surface area contributed by atoms with E-state index in [1.165, 1.54) is 17.3 Å². The number of nitrogens with zero attached hydrogens (tertiary/aromatic N) is 4. The highest BCUT2D eigenvalue weighted by Crippen LogP contribution is 2.23. The van der Waals surface area contributed by atoms with Gasteiger partial charge in [-0.2, -0.15) is 0 Å². The van der Waals surface area contributed by atoms with E-state index in [4.69, 9.17) is 11.6 Å². The average Bonchev–Trinajstić information content (AvgIpc) is 2.87. The molecule has 6 nitrogen and oxygen atoms in total. The predicted molar refractivity (Wildman–Crippen MR) is 140 cm³/mol. The average molecular weight is 494 g/mol. The normalized spacial score (nSPS) is 14.4. The zero-order valence-electron chi connectivity index (χ0n) is 18.9. The molecule has 4 rings (SSSR count). The topological polar surface area (TPSA) is 61.4 Å². The van der Waals surface area contributed by atoms with E-state index in [2.05, 4.69) is 61.5 Å². The SMILES string of the molecule is O=C(CSc1nc(Cl)cc(N2CCN(C/C=C/c3ccccc3)CC2)n1)NCc1ccccc1. The van der Waals surface area contributed by atoms with Gasteiger partial charge < -0.3 is 10.2 Å². The van der Waals surface area contributed by atoms with Crippen molar-refractivity contribution in [1.29, 1.82) is 0 Å². The standard InChI is InChI=1S/C26H28ClN5OS/c27-23-18-24(30-26(29-23)34-20-25(33)28-19-22-10-5-2-6-11-22)32-16-14-31(15-17-32)13-7-12-21-8-3-1-4-9-21/h1-12,18H,13-17,19-20H2,(H,28,33)/b12-7+. The first-order valence-corrected chi connectivity index (χ1v) is 12.7. The molecule has 0 bridgehead atoms. The van der Waals surface area contributed by atoms with Crippen molar-refractivity contribution in [3.8, 4) is 0 Å². The van der Waals surface area contributed by atoms with Gasteiger partial charge in [0.15, 0.2) is 5.16 Å². The molecule has 1 aromatic heterocycles. The number of amides is 1. The fourth-order valence-corrected chi connectivity index (χ4v) is 4.56. The number of hydrogen-bond acceptors (Lipinski definition) is 6. The Morgan fingerprint density at radius 3 is 2.44 bits per heavy atom. The molecular weight excluding hydrogens is 466 g/mol. The monoisotopic (exact) mass is 493 g/mol. The minimum atomic E-state index is -0.0591. The number of piperazine rings is 1. The molecular formula is C26H28ClN5OS. The summed E-state index contributed by atoms with van der Waals surface area (Å²) in [6.45, 7) is 5.07. The van der Waals surface area contributed by atoms with Crippen molar-refractivity contribution < 1.29 is 4.79 Å². The second kappa shape index (κ2) is 12.6. The molecule has 34 heavy (non-hydrogen) atoms. The number of aromatic nitrogens is 2. The summed E-state index contributed by atoms with van der Waals surface area (Å²) in [6.07, 6.45) is 4.38. The van der Waals surface area contributed by atoms with E-state index >= 15 is 0 Å². The molecule has 0 saturated carbocycles. The molecule has 0 radical (unpaired) electrons. The maximum atomic E-state index is 12.2. The molecule has 0 unspecified atom stereocenters. The maximum absolute atomic E-state index is 12.2. The first kappa shape index (κ1) is 24.3. The first-order chi connectivity index (χ1) is 16.7. The van der Waals surface area contributed by atoms with Gasteiger partial charge in [-0.25, -0.2) is 9.97 Å². The van der Waals surface area contributed by atoms with Crippen molar-refractivity contribution in [2.24, 2.45) is 0 Å². The van der Waals surface area contributed by atoms with Crippen molar-refractivity contribution in [3.63, 3.8) is 0 Å². The van der Waals surface area contributed by atoms with Gasteiger partial charge in [-0.15, -0.1) is 0 Å². The van der Waals surface area contributed by atoms with Crippen LogP contribution >= 0.6 is 23.4 Å². The molecule has 1 aliphatic rings. The van der Waals surface area contributed by atoms with E-state index in [0.29, 0.717) is 16.9 Å².